The number of anilines is 3. The van der Waals surface area contributed by atoms with Crippen LogP contribution in [0.3, 0.4) is 0 Å². The molecule has 0 heterocycles. The Kier molecular flexibility index (Phi) is 6.34. The molecule has 0 aliphatic rings. The maximum atomic E-state index is 2.45. The van der Waals surface area contributed by atoms with Crippen molar-refractivity contribution in [2.45, 2.75) is 13.8 Å². The molecule has 41 heavy (non-hydrogen) atoms. The Morgan fingerprint density at radius 3 is 1.32 bits per heavy atom. The maximum absolute atomic E-state index is 2.45. The van der Waals surface area contributed by atoms with Gasteiger partial charge < -0.3 is 4.90 Å². The third-order valence-electron chi connectivity index (χ3n) is 8.15. The molecular weight excluding hydrogens is 494 g/mol. The van der Waals surface area contributed by atoms with E-state index in [1.54, 1.807) is 0 Å². The summed E-state index contributed by atoms with van der Waals surface area (Å²) in [5, 5.41) is 5.03. The lowest BCUT2D eigenvalue weighted by Crippen LogP contribution is -2.12. The van der Waals surface area contributed by atoms with E-state index in [1.807, 2.05) is 0 Å². The Balaban J connectivity index is 1.55. The second kappa shape index (κ2) is 10.4. The van der Waals surface area contributed by atoms with Gasteiger partial charge in [0.2, 0.25) is 0 Å². The summed E-state index contributed by atoms with van der Waals surface area (Å²) in [6.07, 6.45) is 0. The highest BCUT2D eigenvalue weighted by Crippen LogP contribution is 2.45. The lowest BCUT2D eigenvalue weighted by Gasteiger charge is -2.29. The van der Waals surface area contributed by atoms with Crippen LogP contribution in [-0.2, 0) is 0 Å². The fraction of sp³-hybridized carbons (Fsp3) is 0.0500. The third kappa shape index (κ3) is 4.46. The minimum atomic E-state index is 1.13. The topological polar surface area (TPSA) is 3.24 Å². The number of rotatable bonds is 5. The first-order valence-electron chi connectivity index (χ1n) is 14.2. The SMILES string of the molecule is Cc1ccc(N(c2ccc(-c3ccccc3)c(-c3ccccc3)c2)c2ccc(C)c3ccccc23)c2ccccc12. The van der Waals surface area contributed by atoms with E-state index in [9.17, 15) is 0 Å². The zero-order valence-corrected chi connectivity index (χ0v) is 23.4. The van der Waals surface area contributed by atoms with Crippen LogP contribution in [0, 0.1) is 13.8 Å². The van der Waals surface area contributed by atoms with E-state index in [0.717, 1.165) is 5.69 Å². The monoisotopic (exact) mass is 525 g/mol. The second-order valence-electron chi connectivity index (χ2n) is 10.7. The lowest BCUT2D eigenvalue weighted by molar-refractivity contribution is 1.30. The van der Waals surface area contributed by atoms with Crippen LogP contribution in [0.5, 0.6) is 0 Å². The van der Waals surface area contributed by atoms with Crippen molar-refractivity contribution in [2.24, 2.45) is 0 Å². The molecule has 7 rings (SSSR count). The highest BCUT2D eigenvalue weighted by Gasteiger charge is 2.20. The van der Waals surface area contributed by atoms with Crippen molar-refractivity contribution < 1.29 is 0 Å². The van der Waals surface area contributed by atoms with Crippen molar-refractivity contribution >= 4 is 38.6 Å². The lowest BCUT2D eigenvalue weighted by atomic mass is 9.93. The van der Waals surface area contributed by atoms with Crippen LogP contribution in [0.1, 0.15) is 11.1 Å². The van der Waals surface area contributed by atoms with Gasteiger partial charge in [0.15, 0.2) is 0 Å². The van der Waals surface area contributed by atoms with Gasteiger partial charge in [-0.25, -0.2) is 0 Å². The van der Waals surface area contributed by atoms with Crippen LogP contribution < -0.4 is 4.90 Å². The Labute approximate surface area is 242 Å². The van der Waals surface area contributed by atoms with Crippen molar-refractivity contribution in [3.8, 4) is 22.3 Å². The Bertz CT molecular complexity index is 1920. The van der Waals surface area contributed by atoms with Gasteiger partial charge in [0.25, 0.3) is 0 Å². The summed E-state index contributed by atoms with van der Waals surface area (Å²) < 4.78 is 0. The summed E-state index contributed by atoms with van der Waals surface area (Å²) in [5.74, 6) is 0. The molecule has 0 unspecified atom stereocenters. The van der Waals surface area contributed by atoms with E-state index in [4.69, 9.17) is 0 Å². The molecule has 0 fully saturated rings. The molecule has 0 spiro atoms. The fourth-order valence-electron chi connectivity index (χ4n) is 6.06. The van der Waals surface area contributed by atoms with Gasteiger partial charge in [0, 0.05) is 16.5 Å². The molecule has 1 heteroatoms. The number of hydrogen-bond acceptors (Lipinski definition) is 1. The molecule has 0 bridgehead atoms. The van der Waals surface area contributed by atoms with Crippen LogP contribution in [0.2, 0.25) is 0 Å². The predicted octanol–water partition coefficient (Wildman–Crippen LogP) is 11.4. The zero-order chi connectivity index (χ0) is 27.8. The highest BCUT2D eigenvalue weighted by atomic mass is 15.1. The molecule has 0 aromatic heterocycles. The van der Waals surface area contributed by atoms with Crippen LogP contribution in [-0.4, -0.2) is 0 Å². The van der Waals surface area contributed by atoms with Crippen LogP contribution in [0.4, 0.5) is 17.1 Å². The first-order chi connectivity index (χ1) is 20.2. The molecule has 0 aliphatic carbocycles. The van der Waals surface area contributed by atoms with E-state index in [2.05, 4.69) is 170 Å². The summed E-state index contributed by atoms with van der Waals surface area (Å²) in [4.78, 5) is 2.45. The Hall–Kier alpha value is -5.14. The molecule has 7 aromatic rings. The number of aryl methyl sites for hydroxylation is 2. The van der Waals surface area contributed by atoms with Gasteiger partial charge in [-0.1, -0.05) is 127 Å². The number of fused-ring (bicyclic) bond motifs is 2. The molecule has 1 nitrogen and oxygen atoms in total. The summed E-state index contributed by atoms with van der Waals surface area (Å²) >= 11 is 0. The molecule has 0 atom stereocenters. The summed E-state index contributed by atoms with van der Waals surface area (Å²) in [5.41, 5.74) is 10.9. The van der Waals surface area contributed by atoms with Crippen molar-refractivity contribution in [3.63, 3.8) is 0 Å². The predicted molar refractivity (Wildman–Crippen MR) is 176 cm³/mol. The number of nitrogens with zero attached hydrogens (tertiary/aromatic N) is 1. The van der Waals surface area contributed by atoms with Crippen molar-refractivity contribution in [1.29, 1.82) is 0 Å². The van der Waals surface area contributed by atoms with E-state index in [1.165, 1.54) is 66.3 Å². The van der Waals surface area contributed by atoms with Crippen LogP contribution in [0.25, 0.3) is 43.8 Å². The molecule has 0 saturated heterocycles. The molecule has 0 aliphatic heterocycles. The van der Waals surface area contributed by atoms with E-state index in [0.29, 0.717) is 0 Å². The molecule has 0 saturated carbocycles. The number of benzene rings is 7. The van der Waals surface area contributed by atoms with Gasteiger partial charge in [-0.3, -0.25) is 0 Å². The van der Waals surface area contributed by atoms with E-state index < -0.39 is 0 Å². The summed E-state index contributed by atoms with van der Waals surface area (Å²) in [7, 11) is 0. The molecule has 196 valence electrons. The van der Waals surface area contributed by atoms with E-state index >= 15 is 0 Å². The van der Waals surface area contributed by atoms with Crippen molar-refractivity contribution in [2.75, 3.05) is 4.90 Å². The normalized spacial score (nSPS) is 11.2. The van der Waals surface area contributed by atoms with Gasteiger partial charge in [0.05, 0.1) is 11.4 Å². The molecular formula is C40H31N. The Morgan fingerprint density at radius 2 is 0.805 bits per heavy atom. The summed E-state index contributed by atoms with van der Waals surface area (Å²) in [6, 6.07) is 54.9. The largest absolute Gasteiger partial charge is 0.309 e. The van der Waals surface area contributed by atoms with Crippen LogP contribution >= 0.6 is 0 Å². The van der Waals surface area contributed by atoms with Crippen molar-refractivity contribution in [1.82, 2.24) is 0 Å². The van der Waals surface area contributed by atoms with Gasteiger partial charge in [-0.2, -0.15) is 0 Å². The smallest absolute Gasteiger partial charge is 0.0540 e. The Morgan fingerprint density at radius 1 is 0.366 bits per heavy atom. The summed E-state index contributed by atoms with van der Waals surface area (Å²) in [6.45, 7) is 4.39. The van der Waals surface area contributed by atoms with Gasteiger partial charge in [0.1, 0.15) is 0 Å². The first-order valence-corrected chi connectivity index (χ1v) is 14.2. The first kappa shape index (κ1) is 24.9. The number of hydrogen-bond donors (Lipinski definition) is 0. The van der Waals surface area contributed by atoms with E-state index in [-0.39, 0.29) is 0 Å². The maximum Gasteiger partial charge on any atom is 0.0540 e. The fourth-order valence-corrected chi connectivity index (χ4v) is 6.06. The second-order valence-corrected chi connectivity index (χ2v) is 10.7. The minimum absolute atomic E-state index is 1.13. The molecule has 7 aromatic carbocycles. The molecule has 0 radical (unpaired) electrons. The van der Waals surface area contributed by atoms with Gasteiger partial charge in [-0.05, 0) is 82.3 Å². The van der Waals surface area contributed by atoms with Gasteiger partial charge in [-0.15, -0.1) is 0 Å². The molecule has 0 amide bonds. The van der Waals surface area contributed by atoms with Gasteiger partial charge >= 0.3 is 0 Å². The minimum Gasteiger partial charge on any atom is -0.309 e. The average molecular weight is 526 g/mol. The zero-order valence-electron chi connectivity index (χ0n) is 23.4. The van der Waals surface area contributed by atoms with Crippen molar-refractivity contribution in [3.05, 3.63) is 163 Å². The highest BCUT2D eigenvalue weighted by molar-refractivity contribution is 6.06. The quantitative estimate of drug-likeness (QED) is 0.216. The third-order valence-corrected chi connectivity index (χ3v) is 8.15. The standard InChI is InChI=1S/C40H31N/c1-28-21-25-39(36-19-11-9-17-33(28)36)41(40-26-22-29(2)34-18-10-12-20-37(34)40)32-23-24-35(30-13-5-3-6-14-30)38(27-32)31-15-7-4-8-16-31/h3-27H,1-2H3. The average Bonchev–Trinajstić information content (AvgIpc) is 3.04. The molecule has 0 N–H and O–H groups in total. The van der Waals surface area contributed by atoms with Crippen LogP contribution in [0.15, 0.2) is 152 Å².